The smallest absolute Gasteiger partial charge is 0.406 e. The van der Waals surface area contributed by atoms with E-state index >= 15 is 0 Å². The summed E-state index contributed by atoms with van der Waals surface area (Å²) in [4.78, 5) is 10.5. The van der Waals surface area contributed by atoms with Crippen LogP contribution < -0.4 is 9.64 Å². The number of aliphatic hydroxyl groups is 1. The molecule has 0 unspecified atom stereocenters. The summed E-state index contributed by atoms with van der Waals surface area (Å²) in [6, 6.07) is 7.27. The predicted octanol–water partition coefficient (Wildman–Crippen LogP) is 3.00. The second-order valence-electron chi connectivity index (χ2n) is 5.56. The molecule has 0 radical (unpaired) electrons. The molecule has 1 saturated heterocycles. The Balaban J connectivity index is 1.85. The van der Waals surface area contributed by atoms with Crippen molar-refractivity contribution in [1.82, 2.24) is 9.97 Å². The minimum atomic E-state index is -4.74. The van der Waals surface area contributed by atoms with Gasteiger partial charge in [-0.05, 0) is 31.0 Å². The molecule has 1 aromatic heterocycles. The maximum absolute atomic E-state index is 12.3. The van der Waals surface area contributed by atoms with Gasteiger partial charge in [-0.3, -0.25) is 0 Å². The third kappa shape index (κ3) is 4.14. The van der Waals surface area contributed by atoms with E-state index in [0.717, 1.165) is 19.4 Å². The first-order chi connectivity index (χ1) is 11.4. The Morgan fingerprint density at radius 1 is 1.25 bits per heavy atom. The van der Waals surface area contributed by atoms with Crippen LogP contribution in [-0.4, -0.2) is 40.6 Å². The van der Waals surface area contributed by atoms with Crippen molar-refractivity contribution in [3.8, 4) is 17.1 Å². The SMILES string of the molecule is O[C@H]1CCCN(c2ccnc(-c3cccc(OC(F)(F)F)c3)n2)C1. The van der Waals surface area contributed by atoms with Gasteiger partial charge in [-0.15, -0.1) is 13.2 Å². The molecule has 128 valence electrons. The summed E-state index contributed by atoms with van der Waals surface area (Å²) in [6.07, 6.45) is -1.98. The molecule has 1 N–H and O–H groups in total. The van der Waals surface area contributed by atoms with Crippen molar-refractivity contribution in [1.29, 1.82) is 0 Å². The van der Waals surface area contributed by atoms with E-state index in [9.17, 15) is 18.3 Å². The van der Waals surface area contributed by atoms with Crippen molar-refractivity contribution in [2.45, 2.75) is 25.3 Å². The number of hydrogen-bond donors (Lipinski definition) is 1. The molecule has 0 amide bonds. The van der Waals surface area contributed by atoms with E-state index in [-0.39, 0.29) is 5.75 Å². The first kappa shape index (κ1) is 16.5. The molecule has 1 aromatic carbocycles. The molecule has 5 nitrogen and oxygen atoms in total. The number of aromatic nitrogens is 2. The van der Waals surface area contributed by atoms with Crippen LogP contribution in [0, 0.1) is 0 Å². The fourth-order valence-corrected chi connectivity index (χ4v) is 2.66. The molecule has 3 rings (SSSR count). The van der Waals surface area contributed by atoms with Crippen LogP contribution in [0.15, 0.2) is 36.5 Å². The molecule has 2 aromatic rings. The number of anilines is 1. The Bertz CT molecular complexity index is 709. The molecule has 0 saturated carbocycles. The molecular formula is C16H16F3N3O2. The maximum Gasteiger partial charge on any atom is 0.573 e. The minimum absolute atomic E-state index is 0.306. The summed E-state index contributed by atoms with van der Waals surface area (Å²) in [5.74, 6) is 0.628. The predicted molar refractivity (Wildman–Crippen MR) is 81.6 cm³/mol. The summed E-state index contributed by atoms with van der Waals surface area (Å²) in [5, 5.41) is 9.76. The Morgan fingerprint density at radius 2 is 2.08 bits per heavy atom. The largest absolute Gasteiger partial charge is 0.573 e. The highest BCUT2D eigenvalue weighted by Gasteiger charge is 2.31. The van der Waals surface area contributed by atoms with Gasteiger partial charge < -0.3 is 14.7 Å². The normalized spacial score (nSPS) is 18.5. The number of β-amino-alcohol motifs (C(OH)–C–C–N with tert-alkyl or cyclic N) is 1. The Morgan fingerprint density at radius 3 is 2.83 bits per heavy atom. The van der Waals surface area contributed by atoms with E-state index in [0.29, 0.717) is 23.8 Å². The number of ether oxygens (including phenoxy) is 1. The second kappa shape index (κ2) is 6.64. The fourth-order valence-electron chi connectivity index (χ4n) is 2.66. The van der Waals surface area contributed by atoms with Gasteiger partial charge in [0.2, 0.25) is 0 Å². The molecule has 0 spiro atoms. The minimum Gasteiger partial charge on any atom is -0.406 e. The third-order valence-electron chi connectivity index (χ3n) is 3.69. The lowest BCUT2D eigenvalue weighted by atomic mass is 10.1. The number of hydrogen-bond acceptors (Lipinski definition) is 5. The molecule has 24 heavy (non-hydrogen) atoms. The van der Waals surface area contributed by atoms with Gasteiger partial charge in [0.1, 0.15) is 11.6 Å². The van der Waals surface area contributed by atoms with E-state index in [4.69, 9.17) is 0 Å². The zero-order valence-electron chi connectivity index (χ0n) is 12.7. The Labute approximate surface area is 136 Å². The number of alkyl halides is 3. The third-order valence-corrected chi connectivity index (χ3v) is 3.69. The highest BCUT2D eigenvalue weighted by atomic mass is 19.4. The topological polar surface area (TPSA) is 58.5 Å². The summed E-state index contributed by atoms with van der Waals surface area (Å²) < 4.78 is 40.9. The van der Waals surface area contributed by atoms with Crippen LogP contribution in [0.3, 0.4) is 0 Å². The van der Waals surface area contributed by atoms with Gasteiger partial charge in [-0.2, -0.15) is 0 Å². The fraction of sp³-hybridized carbons (Fsp3) is 0.375. The average Bonchev–Trinajstić information content (AvgIpc) is 2.54. The van der Waals surface area contributed by atoms with Crippen LogP contribution >= 0.6 is 0 Å². The Kier molecular flexibility index (Phi) is 4.57. The molecular weight excluding hydrogens is 323 g/mol. The molecule has 0 aliphatic carbocycles. The highest BCUT2D eigenvalue weighted by Crippen LogP contribution is 2.27. The van der Waals surface area contributed by atoms with Crippen molar-refractivity contribution < 1.29 is 23.0 Å². The van der Waals surface area contributed by atoms with Gasteiger partial charge >= 0.3 is 6.36 Å². The van der Waals surface area contributed by atoms with Crippen molar-refractivity contribution in [3.63, 3.8) is 0 Å². The number of rotatable bonds is 3. The van der Waals surface area contributed by atoms with Crippen LogP contribution in [0.4, 0.5) is 19.0 Å². The van der Waals surface area contributed by atoms with Gasteiger partial charge in [-0.25, -0.2) is 9.97 Å². The first-order valence-corrected chi connectivity index (χ1v) is 7.53. The van der Waals surface area contributed by atoms with E-state index in [1.165, 1.54) is 18.2 Å². The van der Waals surface area contributed by atoms with Crippen LogP contribution in [0.5, 0.6) is 5.75 Å². The molecule has 8 heteroatoms. The van der Waals surface area contributed by atoms with E-state index < -0.39 is 12.5 Å². The lowest BCUT2D eigenvalue weighted by Crippen LogP contribution is -2.38. The molecule has 1 atom stereocenters. The zero-order chi connectivity index (χ0) is 17.2. The van der Waals surface area contributed by atoms with Gasteiger partial charge in [0.25, 0.3) is 0 Å². The summed E-state index contributed by atoms with van der Waals surface area (Å²) in [7, 11) is 0. The van der Waals surface area contributed by atoms with Crippen molar-refractivity contribution >= 4 is 5.82 Å². The number of halogens is 3. The van der Waals surface area contributed by atoms with E-state index in [1.54, 1.807) is 18.3 Å². The van der Waals surface area contributed by atoms with Crippen molar-refractivity contribution in [2.24, 2.45) is 0 Å². The molecule has 1 aliphatic heterocycles. The molecule has 2 heterocycles. The van der Waals surface area contributed by atoms with E-state index in [1.807, 2.05) is 4.90 Å². The van der Waals surface area contributed by atoms with E-state index in [2.05, 4.69) is 14.7 Å². The lowest BCUT2D eigenvalue weighted by molar-refractivity contribution is -0.274. The maximum atomic E-state index is 12.3. The molecule has 1 aliphatic rings. The quantitative estimate of drug-likeness (QED) is 0.932. The standard InChI is InChI=1S/C16H16F3N3O2/c17-16(18,19)24-13-5-1-3-11(9-13)15-20-7-6-14(21-15)22-8-2-4-12(23)10-22/h1,3,5-7,9,12,23H,2,4,8,10H2/t12-/m0/s1. The Hall–Kier alpha value is -2.35. The number of piperidine rings is 1. The lowest BCUT2D eigenvalue weighted by Gasteiger charge is -2.31. The molecule has 1 fully saturated rings. The van der Waals surface area contributed by atoms with Gasteiger partial charge in [0.05, 0.1) is 6.10 Å². The summed E-state index contributed by atoms with van der Waals surface area (Å²) in [6.45, 7) is 1.25. The van der Waals surface area contributed by atoms with Gasteiger partial charge in [0, 0.05) is 24.8 Å². The number of nitrogens with zero attached hydrogens (tertiary/aromatic N) is 3. The second-order valence-corrected chi connectivity index (χ2v) is 5.56. The van der Waals surface area contributed by atoms with Crippen molar-refractivity contribution in [2.75, 3.05) is 18.0 Å². The van der Waals surface area contributed by atoms with Crippen LogP contribution in [0.1, 0.15) is 12.8 Å². The monoisotopic (exact) mass is 339 g/mol. The highest BCUT2D eigenvalue weighted by molar-refractivity contribution is 5.59. The van der Waals surface area contributed by atoms with Crippen LogP contribution in [0.2, 0.25) is 0 Å². The van der Waals surface area contributed by atoms with Crippen LogP contribution in [0.25, 0.3) is 11.4 Å². The van der Waals surface area contributed by atoms with Gasteiger partial charge in [-0.1, -0.05) is 12.1 Å². The van der Waals surface area contributed by atoms with Gasteiger partial charge in [0.15, 0.2) is 5.82 Å². The van der Waals surface area contributed by atoms with Crippen molar-refractivity contribution in [3.05, 3.63) is 36.5 Å². The number of benzene rings is 1. The average molecular weight is 339 g/mol. The first-order valence-electron chi connectivity index (χ1n) is 7.53. The number of aliphatic hydroxyl groups excluding tert-OH is 1. The summed E-state index contributed by atoms with van der Waals surface area (Å²) >= 11 is 0. The zero-order valence-corrected chi connectivity index (χ0v) is 12.7. The summed E-state index contributed by atoms with van der Waals surface area (Å²) in [5.41, 5.74) is 0.427. The van der Waals surface area contributed by atoms with Crippen LogP contribution in [-0.2, 0) is 0 Å². The molecule has 0 bridgehead atoms.